The highest BCUT2D eigenvalue weighted by molar-refractivity contribution is 5.85. The highest BCUT2D eigenvalue weighted by Gasteiger charge is 2.40. The number of esters is 1. The van der Waals surface area contributed by atoms with Gasteiger partial charge in [0.1, 0.15) is 6.61 Å². The van der Waals surface area contributed by atoms with E-state index in [9.17, 15) is 4.79 Å². The third-order valence-corrected chi connectivity index (χ3v) is 3.76. The van der Waals surface area contributed by atoms with Crippen LogP contribution >= 0.6 is 0 Å². The van der Waals surface area contributed by atoms with E-state index in [1.807, 2.05) is 0 Å². The van der Waals surface area contributed by atoms with E-state index in [0.29, 0.717) is 12.5 Å². The van der Waals surface area contributed by atoms with Crippen molar-refractivity contribution in [3.8, 4) is 0 Å². The van der Waals surface area contributed by atoms with Crippen LogP contribution in [0.4, 0.5) is 0 Å². The minimum atomic E-state index is -0.136. The van der Waals surface area contributed by atoms with Crippen LogP contribution in [0.1, 0.15) is 51.9 Å². The SMILES string of the molecule is CCCCCCC[C@H]1C[C@@H]1C1=CC(=O)OC1. The largest absolute Gasteiger partial charge is 0.458 e. The summed E-state index contributed by atoms with van der Waals surface area (Å²) in [6, 6.07) is 0. The highest BCUT2D eigenvalue weighted by atomic mass is 16.5. The number of rotatable bonds is 7. The Bertz CT molecular complexity index is 280. The molecule has 0 spiro atoms. The first-order chi connectivity index (χ1) is 7.81. The fraction of sp³-hybridized carbons (Fsp3) is 0.786. The van der Waals surface area contributed by atoms with Gasteiger partial charge in [-0.3, -0.25) is 0 Å². The Hall–Kier alpha value is -0.790. The first-order valence-corrected chi connectivity index (χ1v) is 6.68. The Morgan fingerprint density at radius 1 is 1.31 bits per heavy atom. The van der Waals surface area contributed by atoms with Gasteiger partial charge in [-0.25, -0.2) is 4.79 Å². The molecule has 1 fully saturated rings. The molecule has 90 valence electrons. The van der Waals surface area contributed by atoms with Gasteiger partial charge in [0, 0.05) is 6.08 Å². The van der Waals surface area contributed by atoms with E-state index >= 15 is 0 Å². The number of carbonyl (C=O) groups is 1. The Labute approximate surface area is 98.1 Å². The van der Waals surface area contributed by atoms with Crippen molar-refractivity contribution in [2.75, 3.05) is 6.61 Å². The minimum Gasteiger partial charge on any atom is -0.458 e. The van der Waals surface area contributed by atoms with Crippen LogP contribution in [0.2, 0.25) is 0 Å². The fourth-order valence-corrected chi connectivity index (χ4v) is 2.63. The number of unbranched alkanes of at least 4 members (excludes halogenated alkanes) is 4. The van der Waals surface area contributed by atoms with Crippen LogP contribution in [-0.4, -0.2) is 12.6 Å². The Morgan fingerprint density at radius 2 is 2.12 bits per heavy atom. The van der Waals surface area contributed by atoms with E-state index in [1.165, 1.54) is 50.5 Å². The molecule has 2 aliphatic rings. The molecular weight excluding hydrogens is 200 g/mol. The second kappa shape index (κ2) is 5.51. The lowest BCUT2D eigenvalue weighted by Crippen LogP contribution is -1.94. The number of hydrogen-bond acceptors (Lipinski definition) is 2. The van der Waals surface area contributed by atoms with Crippen LogP contribution in [0.15, 0.2) is 11.6 Å². The zero-order valence-corrected chi connectivity index (χ0v) is 10.2. The van der Waals surface area contributed by atoms with Crippen LogP contribution in [0.25, 0.3) is 0 Å². The Morgan fingerprint density at radius 3 is 2.81 bits per heavy atom. The Kier molecular flexibility index (Phi) is 4.03. The van der Waals surface area contributed by atoms with E-state index in [1.54, 1.807) is 6.08 Å². The molecule has 2 atom stereocenters. The fourth-order valence-electron chi connectivity index (χ4n) is 2.63. The van der Waals surface area contributed by atoms with E-state index < -0.39 is 0 Å². The van der Waals surface area contributed by atoms with Crippen LogP contribution < -0.4 is 0 Å². The number of ether oxygens (including phenoxy) is 1. The van der Waals surface area contributed by atoms with Crippen LogP contribution in [-0.2, 0) is 9.53 Å². The molecule has 1 saturated carbocycles. The molecule has 0 unspecified atom stereocenters. The quantitative estimate of drug-likeness (QED) is 0.487. The average molecular weight is 222 g/mol. The van der Waals surface area contributed by atoms with Crippen LogP contribution in [0.3, 0.4) is 0 Å². The third-order valence-electron chi connectivity index (χ3n) is 3.76. The van der Waals surface area contributed by atoms with Crippen molar-refractivity contribution >= 4 is 5.97 Å². The smallest absolute Gasteiger partial charge is 0.331 e. The van der Waals surface area contributed by atoms with E-state index in [2.05, 4.69) is 6.92 Å². The first kappa shape index (κ1) is 11.7. The standard InChI is InChI=1S/C14H22O2/c1-2-3-4-5-6-7-11-8-13(11)12-9-14(15)16-10-12/h9,11,13H,2-8,10H2,1H3/t11-,13-/m0/s1. The van der Waals surface area contributed by atoms with Gasteiger partial charge in [-0.1, -0.05) is 39.0 Å². The minimum absolute atomic E-state index is 0.136. The topological polar surface area (TPSA) is 26.3 Å². The zero-order valence-electron chi connectivity index (χ0n) is 10.2. The van der Waals surface area contributed by atoms with Crippen LogP contribution in [0.5, 0.6) is 0 Å². The van der Waals surface area contributed by atoms with Gasteiger partial charge in [0.15, 0.2) is 0 Å². The second-order valence-electron chi connectivity index (χ2n) is 5.13. The average Bonchev–Trinajstić information content (AvgIpc) is 2.92. The van der Waals surface area contributed by atoms with Crippen molar-refractivity contribution in [3.63, 3.8) is 0 Å². The molecule has 2 nitrogen and oxygen atoms in total. The van der Waals surface area contributed by atoms with Crippen molar-refractivity contribution in [1.82, 2.24) is 0 Å². The summed E-state index contributed by atoms with van der Waals surface area (Å²) in [4.78, 5) is 10.9. The summed E-state index contributed by atoms with van der Waals surface area (Å²) < 4.78 is 4.94. The molecule has 1 heterocycles. The van der Waals surface area contributed by atoms with Crippen molar-refractivity contribution in [2.24, 2.45) is 11.8 Å². The normalized spacial score (nSPS) is 27.8. The highest BCUT2D eigenvalue weighted by Crippen LogP contribution is 2.48. The lowest BCUT2D eigenvalue weighted by Gasteiger charge is -2.01. The van der Waals surface area contributed by atoms with E-state index in [4.69, 9.17) is 4.74 Å². The molecule has 0 N–H and O–H groups in total. The lowest BCUT2D eigenvalue weighted by molar-refractivity contribution is -0.134. The molecule has 0 saturated heterocycles. The van der Waals surface area contributed by atoms with Crippen LogP contribution in [0, 0.1) is 11.8 Å². The molecule has 0 bridgehead atoms. The number of hydrogen-bond donors (Lipinski definition) is 0. The number of cyclic esters (lactones) is 1. The molecule has 16 heavy (non-hydrogen) atoms. The lowest BCUT2D eigenvalue weighted by atomic mass is 10.1. The molecule has 1 aliphatic heterocycles. The van der Waals surface area contributed by atoms with Gasteiger partial charge in [-0.05, 0) is 30.3 Å². The zero-order chi connectivity index (χ0) is 11.4. The van der Waals surface area contributed by atoms with Crippen molar-refractivity contribution < 1.29 is 9.53 Å². The van der Waals surface area contributed by atoms with Gasteiger partial charge in [-0.15, -0.1) is 0 Å². The molecule has 0 amide bonds. The summed E-state index contributed by atoms with van der Waals surface area (Å²) in [5.74, 6) is 1.39. The summed E-state index contributed by atoms with van der Waals surface area (Å²) in [5, 5.41) is 0. The molecule has 0 aromatic rings. The van der Waals surface area contributed by atoms with Gasteiger partial charge < -0.3 is 4.74 Å². The maximum atomic E-state index is 10.9. The molecule has 2 rings (SSSR count). The summed E-state index contributed by atoms with van der Waals surface area (Å²) in [6.07, 6.45) is 11.2. The molecule has 2 heteroatoms. The van der Waals surface area contributed by atoms with E-state index in [-0.39, 0.29) is 5.97 Å². The predicted molar refractivity (Wildman–Crippen MR) is 64.0 cm³/mol. The van der Waals surface area contributed by atoms with Gasteiger partial charge >= 0.3 is 5.97 Å². The summed E-state index contributed by atoms with van der Waals surface area (Å²) in [5.41, 5.74) is 1.25. The third kappa shape index (κ3) is 3.10. The van der Waals surface area contributed by atoms with Gasteiger partial charge in [0.2, 0.25) is 0 Å². The van der Waals surface area contributed by atoms with Gasteiger partial charge in [0.05, 0.1) is 0 Å². The summed E-state index contributed by atoms with van der Waals surface area (Å²) >= 11 is 0. The monoisotopic (exact) mass is 222 g/mol. The molecule has 0 aromatic heterocycles. The second-order valence-corrected chi connectivity index (χ2v) is 5.13. The maximum Gasteiger partial charge on any atom is 0.331 e. The Balaban J connectivity index is 1.57. The molecule has 0 aromatic carbocycles. The molecule has 1 aliphatic carbocycles. The maximum absolute atomic E-state index is 10.9. The number of carbonyl (C=O) groups excluding carboxylic acids is 1. The summed E-state index contributed by atoms with van der Waals surface area (Å²) in [6.45, 7) is 2.82. The first-order valence-electron chi connectivity index (χ1n) is 6.68. The molecular formula is C14H22O2. The van der Waals surface area contributed by atoms with Gasteiger partial charge in [0.25, 0.3) is 0 Å². The summed E-state index contributed by atoms with van der Waals surface area (Å²) in [7, 11) is 0. The van der Waals surface area contributed by atoms with E-state index in [0.717, 1.165) is 5.92 Å². The van der Waals surface area contributed by atoms with Gasteiger partial charge in [-0.2, -0.15) is 0 Å². The van der Waals surface area contributed by atoms with Crippen molar-refractivity contribution in [3.05, 3.63) is 11.6 Å². The van der Waals surface area contributed by atoms with Crippen molar-refractivity contribution in [1.29, 1.82) is 0 Å². The molecule has 0 radical (unpaired) electrons. The van der Waals surface area contributed by atoms with Crippen molar-refractivity contribution in [2.45, 2.75) is 51.9 Å². The predicted octanol–water partition coefficient (Wildman–Crippen LogP) is 3.47.